The summed E-state index contributed by atoms with van der Waals surface area (Å²) in [6, 6.07) is 4.66. The van der Waals surface area contributed by atoms with Crippen molar-refractivity contribution in [2.45, 2.75) is 46.7 Å². The van der Waals surface area contributed by atoms with Crippen molar-refractivity contribution in [3.8, 4) is 11.6 Å². The van der Waals surface area contributed by atoms with Gasteiger partial charge in [-0.25, -0.2) is 9.37 Å². The highest BCUT2D eigenvalue weighted by molar-refractivity contribution is 5.94. The first kappa shape index (κ1) is 24.6. The number of hydrogen-bond acceptors (Lipinski definition) is 7. The molecule has 1 saturated heterocycles. The first-order chi connectivity index (χ1) is 16.7. The molecule has 1 atom stereocenters. The van der Waals surface area contributed by atoms with Crippen LogP contribution in [0, 0.1) is 5.82 Å². The highest BCUT2D eigenvalue weighted by atomic mass is 19.1. The van der Waals surface area contributed by atoms with Crippen molar-refractivity contribution in [1.82, 2.24) is 19.4 Å². The average molecular weight is 485 g/mol. The highest BCUT2D eigenvalue weighted by Crippen LogP contribution is 2.35. The number of aromatic hydroxyl groups is 1. The fourth-order valence-electron chi connectivity index (χ4n) is 4.29. The normalized spacial score (nSPS) is 15.1. The lowest BCUT2D eigenvalue weighted by atomic mass is 10.1. The number of amides is 1. The number of rotatable bonds is 7. The lowest BCUT2D eigenvalue weighted by molar-refractivity contribution is -0.129. The molecular formula is C25H33FN6O3. The van der Waals surface area contributed by atoms with Gasteiger partial charge in [0.1, 0.15) is 11.3 Å². The molecule has 0 spiro atoms. The second-order valence-corrected chi connectivity index (χ2v) is 9.07. The number of halogens is 1. The molecule has 0 bridgehead atoms. The van der Waals surface area contributed by atoms with E-state index in [0.717, 1.165) is 5.56 Å². The van der Waals surface area contributed by atoms with Crippen LogP contribution in [-0.4, -0.2) is 63.2 Å². The summed E-state index contributed by atoms with van der Waals surface area (Å²) in [4.78, 5) is 25.0. The summed E-state index contributed by atoms with van der Waals surface area (Å²) in [5.41, 5.74) is 1.19. The Kier molecular flexibility index (Phi) is 7.00. The van der Waals surface area contributed by atoms with E-state index in [1.165, 1.54) is 6.07 Å². The van der Waals surface area contributed by atoms with Crippen LogP contribution < -0.4 is 15.0 Å². The molecule has 0 aliphatic carbocycles. The Labute approximate surface area is 204 Å². The maximum atomic E-state index is 14.5. The molecule has 0 unspecified atom stereocenters. The van der Waals surface area contributed by atoms with Gasteiger partial charge < -0.3 is 29.5 Å². The van der Waals surface area contributed by atoms with Gasteiger partial charge in [0.25, 0.3) is 0 Å². The third-order valence-corrected chi connectivity index (χ3v) is 6.33. The van der Waals surface area contributed by atoms with E-state index in [1.807, 2.05) is 44.9 Å². The molecule has 4 rings (SSSR count). The quantitative estimate of drug-likeness (QED) is 0.521. The largest absolute Gasteiger partial charge is 0.493 e. The maximum Gasteiger partial charge on any atom is 0.228 e. The molecule has 1 amide bonds. The summed E-state index contributed by atoms with van der Waals surface area (Å²) in [7, 11) is 0. The van der Waals surface area contributed by atoms with Gasteiger partial charge in [0, 0.05) is 45.3 Å². The van der Waals surface area contributed by atoms with Crippen LogP contribution in [0.3, 0.4) is 0 Å². The minimum Gasteiger partial charge on any atom is -0.493 e. The summed E-state index contributed by atoms with van der Waals surface area (Å²) in [5, 5.41) is 15.0. The van der Waals surface area contributed by atoms with Gasteiger partial charge in [-0.3, -0.25) is 4.79 Å². The Hall–Kier alpha value is -3.56. The van der Waals surface area contributed by atoms with E-state index in [2.05, 4.69) is 10.3 Å². The van der Waals surface area contributed by atoms with Crippen LogP contribution in [0.4, 0.5) is 16.2 Å². The van der Waals surface area contributed by atoms with Crippen LogP contribution in [0.5, 0.6) is 11.6 Å². The van der Waals surface area contributed by atoms with Crippen LogP contribution >= 0.6 is 0 Å². The number of aromatic nitrogens is 3. The van der Waals surface area contributed by atoms with Crippen LogP contribution in [0.25, 0.3) is 10.9 Å². The van der Waals surface area contributed by atoms with Gasteiger partial charge in [0.2, 0.25) is 17.7 Å². The van der Waals surface area contributed by atoms with E-state index >= 15 is 0 Å². The number of hydrogen-bond donors (Lipinski definition) is 2. The average Bonchev–Trinajstić information content (AvgIpc) is 3.17. The van der Waals surface area contributed by atoms with Gasteiger partial charge in [-0.1, -0.05) is 6.07 Å². The Morgan fingerprint density at radius 2 is 1.91 bits per heavy atom. The number of carbonyl (C=O) groups is 1. The number of fused-ring (bicyclic) bond motifs is 1. The lowest BCUT2D eigenvalue weighted by Crippen LogP contribution is -2.48. The van der Waals surface area contributed by atoms with Crippen molar-refractivity contribution in [3.05, 3.63) is 35.8 Å². The van der Waals surface area contributed by atoms with Crippen LogP contribution in [0.2, 0.25) is 0 Å². The van der Waals surface area contributed by atoms with E-state index in [1.54, 1.807) is 22.5 Å². The third-order valence-electron chi connectivity index (χ3n) is 6.33. The molecular weight excluding hydrogens is 451 g/mol. The predicted octanol–water partition coefficient (Wildman–Crippen LogP) is 4.10. The summed E-state index contributed by atoms with van der Waals surface area (Å²) < 4.78 is 21.5. The number of nitrogens with one attached hydrogen (secondary N) is 1. The number of carbonyl (C=O) groups excluding carboxylic acids is 1. The Balaban J connectivity index is 1.69. The van der Waals surface area contributed by atoms with Crippen molar-refractivity contribution in [1.29, 1.82) is 0 Å². The van der Waals surface area contributed by atoms with Gasteiger partial charge in [0.15, 0.2) is 11.6 Å². The molecule has 1 aliphatic rings. The number of benzene rings is 1. The van der Waals surface area contributed by atoms with E-state index in [0.29, 0.717) is 55.5 Å². The zero-order valence-corrected chi connectivity index (χ0v) is 20.9. The summed E-state index contributed by atoms with van der Waals surface area (Å²) in [5.74, 6) is 0.952. The molecule has 2 N–H and O–H groups in total. The number of nitrogens with zero attached hydrogens (tertiary/aromatic N) is 5. The molecule has 0 saturated carbocycles. The molecule has 1 fully saturated rings. The van der Waals surface area contributed by atoms with E-state index < -0.39 is 5.82 Å². The molecule has 0 radical (unpaired) electrons. The Bertz CT molecular complexity index is 1220. The summed E-state index contributed by atoms with van der Waals surface area (Å²) in [6.45, 7) is 12.0. The number of anilines is 2. The fraction of sp³-hybridized carbons (Fsp3) is 0.480. The molecule has 3 heterocycles. The molecule has 35 heavy (non-hydrogen) atoms. The van der Waals surface area contributed by atoms with Crippen LogP contribution in [-0.2, 0) is 4.79 Å². The van der Waals surface area contributed by atoms with Gasteiger partial charge in [-0.15, -0.1) is 0 Å². The maximum absolute atomic E-state index is 14.5. The fourth-order valence-corrected chi connectivity index (χ4v) is 4.29. The zero-order valence-electron chi connectivity index (χ0n) is 20.9. The standard InChI is InChI=1S/C25H33FN6O3/c1-6-35-21-8-7-18(13-20(21)26)16(4)27-23-19-14-32(15(2)3)24(34)22(19)28-25(29-23)31-11-9-30(10-12-31)17(5)33/h7-8,13-16,34H,6,9-12H2,1-5H3,(H,27,28,29)/t16-/m1/s1. The molecule has 10 heteroatoms. The number of piperazine rings is 1. The van der Waals surface area contributed by atoms with Crippen molar-refractivity contribution < 1.29 is 19.0 Å². The van der Waals surface area contributed by atoms with E-state index in [9.17, 15) is 14.3 Å². The summed E-state index contributed by atoms with van der Waals surface area (Å²) in [6.07, 6.45) is 1.83. The molecule has 1 aromatic carbocycles. The Morgan fingerprint density at radius 3 is 2.51 bits per heavy atom. The van der Waals surface area contributed by atoms with E-state index in [-0.39, 0.29) is 29.6 Å². The second kappa shape index (κ2) is 9.97. The first-order valence-electron chi connectivity index (χ1n) is 12.0. The first-order valence-corrected chi connectivity index (χ1v) is 12.0. The van der Waals surface area contributed by atoms with Gasteiger partial charge >= 0.3 is 0 Å². The smallest absolute Gasteiger partial charge is 0.228 e. The van der Waals surface area contributed by atoms with Gasteiger partial charge in [0.05, 0.1) is 18.0 Å². The predicted molar refractivity (Wildman–Crippen MR) is 134 cm³/mol. The van der Waals surface area contributed by atoms with Crippen LogP contribution in [0.1, 0.15) is 52.3 Å². The lowest BCUT2D eigenvalue weighted by Gasteiger charge is -2.34. The molecule has 3 aromatic rings. The zero-order chi connectivity index (χ0) is 25.3. The minimum absolute atomic E-state index is 0.0252. The third kappa shape index (κ3) is 4.96. The monoisotopic (exact) mass is 484 g/mol. The second-order valence-electron chi connectivity index (χ2n) is 9.07. The van der Waals surface area contributed by atoms with E-state index in [4.69, 9.17) is 9.72 Å². The molecule has 9 nitrogen and oxygen atoms in total. The van der Waals surface area contributed by atoms with Gasteiger partial charge in [-0.05, 0) is 45.4 Å². The van der Waals surface area contributed by atoms with Crippen molar-refractivity contribution in [3.63, 3.8) is 0 Å². The van der Waals surface area contributed by atoms with Crippen molar-refractivity contribution >= 4 is 28.6 Å². The molecule has 1 aliphatic heterocycles. The summed E-state index contributed by atoms with van der Waals surface area (Å²) >= 11 is 0. The Morgan fingerprint density at radius 1 is 1.20 bits per heavy atom. The topological polar surface area (TPSA) is 95.8 Å². The number of ether oxygens (including phenoxy) is 1. The molecule has 2 aromatic heterocycles. The highest BCUT2D eigenvalue weighted by Gasteiger charge is 2.25. The van der Waals surface area contributed by atoms with Crippen LogP contribution in [0.15, 0.2) is 24.4 Å². The van der Waals surface area contributed by atoms with Gasteiger partial charge in [-0.2, -0.15) is 4.98 Å². The van der Waals surface area contributed by atoms with Crippen molar-refractivity contribution in [2.24, 2.45) is 0 Å². The van der Waals surface area contributed by atoms with Crippen molar-refractivity contribution in [2.75, 3.05) is 43.0 Å². The minimum atomic E-state index is -0.418. The molecule has 188 valence electrons. The SMILES string of the molecule is CCOc1ccc([C@@H](C)Nc2nc(N3CCN(C(C)=O)CC3)nc3c(O)n(C(C)C)cc23)cc1F.